The molecule has 0 aliphatic carbocycles. The van der Waals surface area contributed by atoms with Gasteiger partial charge in [0.05, 0.1) is 4.88 Å². The molecule has 0 saturated carbocycles. The van der Waals surface area contributed by atoms with Crippen molar-refractivity contribution >= 4 is 23.0 Å². The van der Waals surface area contributed by atoms with E-state index in [4.69, 9.17) is 0 Å². The molecule has 0 radical (unpaired) electrons. The zero-order valence-corrected chi connectivity index (χ0v) is 9.96. The van der Waals surface area contributed by atoms with Crippen LogP contribution in [0, 0.1) is 0 Å². The molecule has 0 unspecified atom stereocenters. The number of carbonyl (C=O) groups is 2. The van der Waals surface area contributed by atoms with Crippen molar-refractivity contribution in [1.82, 2.24) is 4.90 Å². The van der Waals surface area contributed by atoms with Gasteiger partial charge in [-0.1, -0.05) is 18.9 Å². The van der Waals surface area contributed by atoms with Gasteiger partial charge in [-0.15, -0.1) is 11.3 Å². The number of hydrogen-bond acceptors (Lipinski definition) is 3. The number of hydrogen-bond donors (Lipinski definition) is 0. The van der Waals surface area contributed by atoms with Gasteiger partial charge >= 0.3 is 0 Å². The number of amides is 1. The highest BCUT2D eigenvalue weighted by Gasteiger charge is 2.24. The van der Waals surface area contributed by atoms with E-state index in [9.17, 15) is 9.59 Å². The van der Waals surface area contributed by atoms with Crippen molar-refractivity contribution in [2.45, 2.75) is 25.7 Å². The van der Waals surface area contributed by atoms with Crippen molar-refractivity contribution < 1.29 is 9.59 Å². The summed E-state index contributed by atoms with van der Waals surface area (Å²) < 4.78 is 0. The average Bonchev–Trinajstić information content (AvgIpc) is 2.70. The Balaban J connectivity index is 2.03. The Hall–Kier alpha value is -1.16. The van der Waals surface area contributed by atoms with Gasteiger partial charge in [0.15, 0.2) is 0 Å². The first-order chi connectivity index (χ1) is 7.79. The number of Topliss-reactive ketones (excluding diaryl/α,β-unsaturated/α-hetero) is 1. The largest absolute Gasteiger partial charge is 0.336 e. The molecule has 0 bridgehead atoms. The maximum Gasteiger partial charge on any atom is 0.295 e. The van der Waals surface area contributed by atoms with Crippen LogP contribution in [0.2, 0.25) is 0 Å². The Morgan fingerprint density at radius 3 is 2.38 bits per heavy atom. The fourth-order valence-electron chi connectivity index (χ4n) is 1.93. The first kappa shape index (κ1) is 11.3. The Bertz CT molecular complexity index is 364. The smallest absolute Gasteiger partial charge is 0.295 e. The fourth-order valence-corrected chi connectivity index (χ4v) is 2.59. The normalized spacial score (nSPS) is 16.9. The zero-order valence-electron chi connectivity index (χ0n) is 9.15. The minimum Gasteiger partial charge on any atom is -0.336 e. The summed E-state index contributed by atoms with van der Waals surface area (Å²) in [5.74, 6) is -0.679. The third kappa shape index (κ3) is 2.50. The molecule has 0 spiro atoms. The van der Waals surface area contributed by atoms with Gasteiger partial charge in [-0.3, -0.25) is 9.59 Å². The molecule has 1 amide bonds. The minimum atomic E-state index is -0.350. The van der Waals surface area contributed by atoms with Crippen LogP contribution in [0.4, 0.5) is 0 Å². The van der Waals surface area contributed by atoms with Crippen LogP contribution in [0.5, 0.6) is 0 Å². The molecule has 1 aromatic rings. The molecular formula is C12H15NO2S. The second-order valence-corrected chi connectivity index (χ2v) is 4.96. The van der Waals surface area contributed by atoms with Crippen LogP contribution in [-0.2, 0) is 4.79 Å². The van der Waals surface area contributed by atoms with Crippen LogP contribution < -0.4 is 0 Å². The number of rotatable bonds is 2. The Kier molecular flexibility index (Phi) is 3.72. The summed E-state index contributed by atoms with van der Waals surface area (Å²) in [5.41, 5.74) is 0. The topological polar surface area (TPSA) is 37.4 Å². The number of likely N-dealkylation sites (tertiary alicyclic amines) is 1. The van der Waals surface area contributed by atoms with Crippen molar-refractivity contribution in [3.05, 3.63) is 22.4 Å². The van der Waals surface area contributed by atoms with Crippen molar-refractivity contribution in [3.8, 4) is 0 Å². The molecule has 1 saturated heterocycles. The van der Waals surface area contributed by atoms with Gasteiger partial charge in [-0.05, 0) is 24.3 Å². The second-order valence-electron chi connectivity index (χ2n) is 4.01. The standard InChI is InChI=1S/C12H15NO2S/c14-11(10-6-5-9-16-10)12(15)13-7-3-1-2-4-8-13/h5-6,9H,1-4,7-8H2. The molecule has 2 heterocycles. The monoisotopic (exact) mass is 237 g/mol. The number of ketones is 1. The summed E-state index contributed by atoms with van der Waals surface area (Å²) in [6.07, 6.45) is 4.36. The van der Waals surface area contributed by atoms with Crippen LogP contribution in [0.1, 0.15) is 35.4 Å². The molecule has 1 aromatic heterocycles. The third-order valence-corrected chi connectivity index (χ3v) is 3.70. The predicted molar refractivity (Wildman–Crippen MR) is 63.7 cm³/mol. The van der Waals surface area contributed by atoms with E-state index in [2.05, 4.69) is 0 Å². The van der Waals surface area contributed by atoms with Gasteiger partial charge in [0.1, 0.15) is 0 Å². The Morgan fingerprint density at radius 2 is 1.81 bits per heavy atom. The summed E-state index contributed by atoms with van der Waals surface area (Å²) in [4.78, 5) is 26.0. The van der Waals surface area contributed by atoms with E-state index in [-0.39, 0.29) is 11.7 Å². The molecule has 0 N–H and O–H groups in total. The van der Waals surface area contributed by atoms with Crippen LogP contribution in [0.15, 0.2) is 17.5 Å². The van der Waals surface area contributed by atoms with Crippen molar-refractivity contribution in [3.63, 3.8) is 0 Å². The molecular weight excluding hydrogens is 222 g/mol. The second kappa shape index (κ2) is 5.25. The van der Waals surface area contributed by atoms with Crippen molar-refractivity contribution in [1.29, 1.82) is 0 Å². The fraction of sp³-hybridized carbons (Fsp3) is 0.500. The van der Waals surface area contributed by atoms with E-state index in [0.29, 0.717) is 4.88 Å². The molecule has 0 aromatic carbocycles. The first-order valence-electron chi connectivity index (χ1n) is 5.66. The van der Waals surface area contributed by atoms with Crippen LogP contribution in [0.3, 0.4) is 0 Å². The summed E-state index contributed by atoms with van der Waals surface area (Å²) in [7, 11) is 0. The summed E-state index contributed by atoms with van der Waals surface area (Å²) in [6, 6.07) is 3.51. The molecule has 1 aliphatic heterocycles. The lowest BCUT2D eigenvalue weighted by molar-refractivity contribution is -0.126. The summed E-state index contributed by atoms with van der Waals surface area (Å²) >= 11 is 1.33. The van der Waals surface area contributed by atoms with E-state index >= 15 is 0 Å². The van der Waals surface area contributed by atoms with E-state index in [1.807, 2.05) is 5.38 Å². The van der Waals surface area contributed by atoms with Crippen molar-refractivity contribution in [2.24, 2.45) is 0 Å². The lowest BCUT2D eigenvalue weighted by atomic mass is 10.2. The quantitative estimate of drug-likeness (QED) is 0.585. The van der Waals surface area contributed by atoms with Crippen molar-refractivity contribution in [2.75, 3.05) is 13.1 Å². The lowest BCUT2D eigenvalue weighted by Gasteiger charge is -2.18. The molecule has 4 heteroatoms. The number of nitrogens with zero attached hydrogens (tertiary/aromatic N) is 1. The number of carbonyl (C=O) groups excluding carboxylic acids is 2. The van der Waals surface area contributed by atoms with Crippen LogP contribution >= 0.6 is 11.3 Å². The third-order valence-electron chi connectivity index (χ3n) is 2.83. The average molecular weight is 237 g/mol. The highest BCUT2D eigenvalue weighted by Crippen LogP contribution is 2.14. The van der Waals surface area contributed by atoms with Gasteiger partial charge < -0.3 is 4.90 Å². The highest BCUT2D eigenvalue weighted by molar-refractivity contribution is 7.12. The lowest BCUT2D eigenvalue weighted by Crippen LogP contribution is -2.36. The van der Waals surface area contributed by atoms with E-state index < -0.39 is 0 Å². The molecule has 1 aliphatic rings. The molecule has 1 fully saturated rings. The Labute approximate surface area is 99.1 Å². The van der Waals surface area contributed by atoms with Gasteiger partial charge in [0.25, 0.3) is 11.7 Å². The SMILES string of the molecule is O=C(C(=O)N1CCCCCC1)c1cccs1. The highest BCUT2D eigenvalue weighted by atomic mass is 32.1. The van der Waals surface area contributed by atoms with Gasteiger partial charge in [0, 0.05) is 13.1 Å². The van der Waals surface area contributed by atoms with E-state index in [1.165, 1.54) is 11.3 Å². The zero-order chi connectivity index (χ0) is 11.4. The maximum atomic E-state index is 11.9. The Morgan fingerprint density at radius 1 is 1.12 bits per heavy atom. The molecule has 3 nitrogen and oxygen atoms in total. The molecule has 86 valence electrons. The predicted octanol–water partition coefficient (Wildman–Crippen LogP) is 2.33. The summed E-state index contributed by atoms with van der Waals surface area (Å²) in [6.45, 7) is 1.46. The van der Waals surface area contributed by atoms with Crippen LogP contribution in [0.25, 0.3) is 0 Å². The molecule has 16 heavy (non-hydrogen) atoms. The molecule has 2 rings (SSSR count). The molecule has 0 atom stereocenters. The number of thiophene rings is 1. The van der Waals surface area contributed by atoms with E-state index in [0.717, 1.165) is 38.8 Å². The van der Waals surface area contributed by atoms with Gasteiger partial charge in [-0.25, -0.2) is 0 Å². The van der Waals surface area contributed by atoms with E-state index in [1.54, 1.807) is 17.0 Å². The minimum absolute atomic E-state index is 0.329. The van der Waals surface area contributed by atoms with Crippen LogP contribution in [-0.4, -0.2) is 29.7 Å². The first-order valence-corrected chi connectivity index (χ1v) is 6.54. The maximum absolute atomic E-state index is 11.9. The van der Waals surface area contributed by atoms with Gasteiger partial charge in [0.2, 0.25) is 0 Å². The summed E-state index contributed by atoms with van der Waals surface area (Å²) in [5, 5.41) is 1.82. The van der Waals surface area contributed by atoms with Gasteiger partial charge in [-0.2, -0.15) is 0 Å².